The van der Waals surface area contributed by atoms with Crippen LogP contribution in [0.25, 0.3) is 0 Å². The van der Waals surface area contributed by atoms with E-state index in [1.54, 1.807) is 12.1 Å². The number of rotatable bonds is 12. The van der Waals surface area contributed by atoms with E-state index >= 15 is 0 Å². The van der Waals surface area contributed by atoms with E-state index in [4.69, 9.17) is 5.73 Å². The molecule has 0 aliphatic carbocycles. The van der Waals surface area contributed by atoms with Crippen molar-refractivity contribution in [3.05, 3.63) is 43.2 Å². The van der Waals surface area contributed by atoms with Crippen molar-refractivity contribution in [3.8, 4) is 0 Å². The second-order valence-corrected chi connectivity index (χ2v) is 9.01. The summed E-state index contributed by atoms with van der Waals surface area (Å²) in [7, 11) is 0. The van der Waals surface area contributed by atoms with E-state index in [1.807, 2.05) is 26.2 Å². The number of hydrogen-bond acceptors (Lipinski definition) is 6. The number of hydrogen-bond donors (Lipinski definition) is 3. The van der Waals surface area contributed by atoms with Crippen molar-refractivity contribution in [1.82, 2.24) is 14.9 Å². The zero-order valence-electron chi connectivity index (χ0n) is 19.0. The van der Waals surface area contributed by atoms with Crippen LogP contribution in [-0.2, 0) is 11.3 Å². The van der Waals surface area contributed by atoms with Gasteiger partial charge < -0.3 is 16.0 Å². The predicted molar refractivity (Wildman–Crippen MR) is 128 cm³/mol. The van der Waals surface area contributed by atoms with Gasteiger partial charge in [-0.1, -0.05) is 33.3 Å². The Morgan fingerprint density at radius 1 is 1.28 bits per heavy atom. The highest BCUT2D eigenvalue weighted by atomic mass is 32.1. The molecule has 2 rings (SSSR count). The lowest BCUT2D eigenvalue weighted by Crippen LogP contribution is -2.42. The van der Waals surface area contributed by atoms with Crippen molar-refractivity contribution < 1.29 is 9.59 Å². The molecule has 0 radical (unpaired) electrons. The molecule has 0 atom stereocenters. The zero-order chi connectivity index (χ0) is 23.7. The standard InChI is InChI=1S/C22H33N5O4S/c1-4-5-12-27-19(23)18(21(30)25-22(27)31)26(13-10-15(2)3)17(28)9-6-11-24-20(29)16-8-7-14-32-16/h7-8,14-15H,4-6,9-13,23H2,1-3H3,(H,24,29)(H,25,30,31). The van der Waals surface area contributed by atoms with Gasteiger partial charge in [-0.25, -0.2) is 4.79 Å². The number of amides is 2. The fourth-order valence-electron chi connectivity index (χ4n) is 3.20. The van der Waals surface area contributed by atoms with E-state index in [1.165, 1.54) is 20.8 Å². The molecule has 0 aliphatic heterocycles. The molecule has 0 saturated carbocycles. The van der Waals surface area contributed by atoms with E-state index in [9.17, 15) is 19.2 Å². The summed E-state index contributed by atoms with van der Waals surface area (Å²) >= 11 is 1.35. The van der Waals surface area contributed by atoms with Crippen LogP contribution in [0, 0.1) is 5.92 Å². The average molecular weight is 464 g/mol. The highest BCUT2D eigenvalue weighted by Crippen LogP contribution is 2.20. The van der Waals surface area contributed by atoms with Crippen LogP contribution in [0.5, 0.6) is 0 Å². The summed E-state index contributed by atoms with van der Waals surface area (Å²) in [4.78, 5) is 54.3. The molecule has 2 amide bonds. The molecule has 32 heavy (non-hydrogen) atoms. The molecule has 0 saturated heterocycles. The van der Waals surface area contributed by atoms with Gasteiger partial charge in [0.25, 0.3) is 11.5 Å². The van der Waals surface area contributed by atoms with Crippen molar-refractivity contribution in [1.29, 1.82) is 0 Å². The topological polar surface area (TPSA) is 130 Å². The maximum absolute atomic E-state index is 13.1. The number of carbonyl (C=O) groups excluding carboxylic acids is 2. The van der Waals surface area contributed by atoms with Gasteiger partial charge in [0.1, 0.15) is 5.82 Å². The van der Waals surface area contributed by atoms with Crippen molar-refractivity contribution >= 4 is 34.7 Å². The number of thiophene rings is 1. The molecule has 0 aliphatic rings. The Morgan fingerprint density at radius 2 is 2.03 bits per heavy atom. The number of nitrogens with one attached hydrogen (secondary N) is 2. The highest BCUT2D eigenvalue weighted by molar-refractivity contribution is 7.12. The minimum atomic E-state index is -0.664. The lowest BCUT2D eigenvalue weighted by atomic mass is 10.1. The van der Waals surface area contributed by atoms with E-state index in [0.29, 0.717) is 43.3 Å². The Hall–Kier alpha value is -2.88. The Bertz CT molecular complexity index is 1010. The van der Waals surface area contributed by atoms with Crippen LogP contribution in [0.3, 0.4) is 0 Å². The van der Waals surface area contributed by atoms with E-state index in [0.717, 1.165) is 12.8 Å². The largest absolute Gasteiger partial charge is 0.383 e. The third-order valence-electron chi connectivity index (χ3n) is 5.05. The number of unbranched alkanes of at least 4 members (excludes halogenated alkanes) is 1. The van der Waals surface area contributed by atoms with Crippen molar-refractivity contribution in [3.63, 3.8) is 0 Å². The molecule has 2 heterocycles. The fraction of sp³-hybridized carbons (Fsp3) is 0.545. The highest BCUT2D eigenvalue weighted by Gasteiger charge is 2.24. The minimum absolute atomic E-state index is 0.00954. The number of H-pyrrole nitrogens is 1. The fourth-order valence-corrected chi connectivity index (χ4v) is 3.84. The summed E-state index contributed by atoms with van der Waals surface area (Å²) in [6.45, 7) is 7.06. The second-order valence-electron chi connectivity index (χ2n) is 8.06. The summed E-state index contributed by atoms with van der Waals surface area (Å²) in [5.74, 6) is -0.126. The molecule has 0 aromatic carbocycles. The van der Waals surface area contributed by atoms with Crippen LogP contribution in [-0.4, -0.2) is 34.5 Å². The number of aromatic nitrogens is 2. The third-order valence-corrected chi connectivity index (χ3v) is 5.92. The summed E-state index contributed by atoms with van der Waals surface area (Å²) in [6, 6.07) is 3.54. The minimum Gasteiger partial charge on any atom is -0.383 e. The summed E-state index contributed by atoms with van der Waals surface area (Å²) < 4.78 is 1.32. The molecule has 0 fully saturated rings. The molecule has 0 spiro atoms. The maximum atomic E-state index is 13.1. The summed E-state index contributed by atoms with van der Waals surface area (Å²) in [6.07, 6.45) is 2.80. The average Bonchev–Trinajstić information content (AvgIpc) is 3.27. The Labute approximate surface area is 191 Å². The molecular weight excluding hydrogens is 430 g/mol. The first-order chi connectivity index (χ1) is 15.3. The van der Waals surface area contributed by atoms with Gasteiger partial charge in [0, 0.05) is 26.1 Å². The number of nitrogens with zero attached hydrogens (tertiary/aromatic N) is 2. The van der Waals surface area contributed by atoms with Crippen LogP contribution in [0.15, 0.2) is 27.1 Å². The summed E-state index contributed by atoms with van der Waals surface area (Å²) in [5.41, 5.74) is 5.00. The van der Waals surface area contributed by atoms with E-state index in [2.05, 4.69) is 10.3 Å². The molecule has 2 aromatic rings. The van der Waals surface area contributed by atoms with Gasteiger partial charge >= 0.3 is 5.69 Å². The van der Waals surface area contributed by atoms with Crippen LogP contribution in [0.4, 0.5) is 11.5 Å². The first-order valence-corrected chi connectivity index (χ1v) is 11.9. The Kier molecular flexibility index (Phi) is 9.70. The Morgan fingerprint density at radius 3 is 2.66 bits per heavy atom. The van der Waals surface area contributed by atoms with Crippen LogP contribution in [0.1, 0.15) is 62.5 Å². The van der Waals surface area contributed by atoms with Gasteiger partial charge in [-0.15, -0.1) is 11.3 Å². The molecule has 4 N–H and O–H groups in total. The zero-order valence-corrected chi connectivity index (χ0v) is 19.8. The van der Waals surface area contributed by atoms with Crippen LogP contribution < -0.4 is 27.2 Å². The van der Waals surface area contributed by atoms with Gasteiger partial charge in [-0.05, 0) is 36.6 Å². The maximum Gasteiger partial charge on any atom is 0.330 e. The normalized spacial score (nSPS) is 11.0. The molecule has 9 nitrogen and oxygen atoms in total. The SMILES string of the molecule is CCCCn1c(N)c(N(CCC(C)C)C(=O)CCCNC(=O)c2cccs2)c(=O)[nH]c1=O. The first kappa shape index (κ1) is 25.4. The molecule has 176 valence electrons. The quantitative estimate of drug-likeness (QED) is 0.417. The van der Waals surface area contributed by atoms with Crippen LogP contribution in [0.2, 0.25) is 0 Å². The number of carbonyl (C=O) groups is 2. The van der Waals surface area contributed by atoms with Gasteiger partial charge in [0.2, 0.25) is 5.91 Å². The number of aromatic amines is 1. The molecule has 10 heteroatoms. The first-order valence-electron chi connectivity index (χ1n) is 11.0. The lowest BCUT2D eigenvalue weighted by Gasteiger charge is -2.25. The smallest absolute Gasteiger partial charge is 0.330 e. The monoisotopic (exact) mass is 463 g/mol. The van der Waals surface area contributed by atoms with Gasteiger partial charge in [0.05, 0.1) is 4.88 Å². The third kappa shape index (κ3) is 6.81. The lowest BCUT2D eigenvalue weighted by molar-refractivity contribution is -0.118. The summed E-state index contributed by atoms with van der Waals surface area (Å²) in [5, 5.41) is 4.62. The van der Waals surface area contributed by atoms with Crippen molar-refractivity contribution in [2.24, 2.45) is 5.92 Å². The van der Waals surface area contributed by atoms with Crippen molar-refractivity contribution in [2.75, 3.05) is 23.7 Å². The molecule has 0 unspecified atom stereocenters. The molecule has 2 aromatic heterocycles. The van der Waals surface area contributed by atoms with E-state index in [-0.39, 0.29) is 29.7 Å². The van der Waals surface area contributed by atoms with Gasteiger partial charge in [0.15, 0.2) is 5.69 Å². The number of anilines is 2. The molecular formula is C22H33N5O4S. The van der Waals surface area contributed by atoms with E-state index < -0.39 is 11.2 Å². The van der Waals surface area contributed by atoms with Crippen molar-refractivity contribution in [2.45, 2.75) is 59.4 Å². The number of nitrogen functional groups attached to an aromatic ring is 1. The Balaban J connectivity index is 2.16. The van der Waals surface area contributed by atoms with Gasteiger partial charge in [-0.3, -0.25) is 23.9 Å². The molecule has 0 bridgehead atoms. The second kappa shape index (κ2) is 12.2. The predicted octanol–water partition coefficient (Wildman–Crippen LogP) is 2.57. The van der Waals surface area contributed by atoms with Gasteiger partial charge in [-0.2, -0.15) is 0 Å². The van der Waals surface area contributed by atoms with Crippen LogP contribution >= 0.6 is 11.3 Å². The number of nitrogens with two attached hydrogens (primary N) is 1.